The van der Waals surface area contributed by atoms with E-state index < -0.39 is 10.0 Å². The molecule has 0 atom stereocenters. The van der Waals surface area contributed by atoms with Crippen molar-refractivity contribution in [2.45, 2.75) is 38.1 Å². The maximum Gasteiger partial charge on any atom is 0.240 e. The monoisotopic (exact) mass is 393 g/mol. The van der Waals surface area contributed by atoms with Crippen LogP contribution in [0.5, 0.6) is 17.2 Å². The first-order valence-corrected chi connectivity index (χ1v) is 10.3. The van der Waals surface area contributed by atoms with Crippen LogP contribution in [0.3, 0.4) is 0 Å². The SMILES string of the molecule is CCOc1cc(CNS(=O)(=O)c2ccc(OC)c(C(C)C)c2)ccc1OC. The Balaban J connectivity index is 2.22. The fourth-order valence-corrected chi connectivity index (χ4v) is 3.74. The van der Waals surface area contributed by atoms with Crippen molar-refractivity contribution < 1.29 is 22.6 Å². The fraction of sp³-hybridized carbons (Fsp3) is 0.400. The van der Waals surface area contributed by atoms with Gasteiger partial charge >= 0.3 is 0 Å². The summed E-state index contributed by atoms with van der Waals surface area (Å²) in [5.74, 6) is 2.02. The lowest BCUT2D eigenvalue weighted by atomic mass is 10.0. The topological polar surface area (TPSA) is 73.9 Å². The van der Waals surface area contributed by atoms with Crippen molar-refractivity contribution in [3.05, 3.63) is 47.5 Å². The molecular weight excluding hydrogens is 366 g/mol. The highest BCUT2D eigenvalue weighted by Gasteiger charge is 2.18. The van der Waals surface area contributed by atoms with Gasteiger partial charge in [-0.15, -0.1) is 0 Å². The molecule has 2 aromatic carbocycles. The van der Waals surface area contributed by atoms with Crippen LogP contribution >= 0.6 is 0 Å². The number of ether oxygens (including phenoxy) is 3. The van der Waals surface area contributed by atoms with Gasteiger partial charge in [0.05, 0.1) is 25.7 Å². The van der Waals surface area contributed by atoms with Gasteiger partial charge in [-0.3, -0.25) is 0 Å². The van der Waals surface area contributed by atoms with Crippen LogP contribution in [0.2, 0.25) is 0 Å². The molecule has 0 aromatic heterocycles. The molecule has 0 saturated heterocycles. The molecule has 0 amide bonds. The van der Waals surface area contributed by atoms with Crippen LogP contribution in [0.15, 0.2) is 41.3 Å². The molecule has 0 heterocycles. The van der Waals surface area contributed by atoms with E-state index in [1.807, 2.05) is 20.8 Å². The molecule has 2 rings (SSSR count). The molecule has 27 heavy (non-hydrogen) atoms. The highest BCUT2D eigenvalue weighted by molar-refractivity contribution is 7.89. The minimum atomic E-state index is -3.66. The smallest absolute Gasteiger partial charge is 0.240 e. The Hall–Kier alpha value is -2.25. The molecule has 1 N–H and O–H groups in total. The summed E-state index contributed by atoms with van der Waals surface area (Å²) >= 11 is 0. The molecule has 148 valence electrons. The Morgan fingerprint density at radius 2 is 1.63 bits per heavy atom. The van der Waals surface area contributed by atoms with Gasteiger partial charge < -0.3 is 14.2 Å². The van der Waals surface area contributed by atoms with Gasteiger partial charge in [0.1, 0.15) is 5.75 Å². The maximum absolute atomic E-state index is 12.7. The third-order valence-electron chi connectivity index (χ3n) is 4.13. The molecule has 6 nitrogen and oxygen atoms in total. The van der Waals surface area contributed by atoms with Crippen molar-refractivity contribution in [1.29, 1.82) is 0 Å². The van der Waals surface area contributed by atoms with E-state index in [9.17, 15) is 8.42 Å². The second kappa shape index (κ2) is 9.10. The van der Waals surface area contributed by atoms with Gasteiger partial charge in [-0.2, -0.15) is 0 Å². The zero-order chi connectivity index (χ0) is 20.0. The molecule has 0 radical (unpaired) electrons. The van der Waals surface area contributed by atoms with E-state index in [1.54, 1.807) is 50.6 Å². The third kappa shape index (κ3) is 5.14. The van der Waals surface area contributed by atoms with E-state index in [1.165, 1.54) is 0 Å². The molecule has 0 saturated carbocycles. The second-order valence-electron chi connectivity index (χ2n) is 6.30. The Labute approximate surface area is 161 Å². The molecular formula is C20H27NO5S. The van der Waals surface area contributed by atoms with Gasteiger partial charge in [-0.1, -0.05) is 19.9 Å². The molecule has 0 fully saturated rings. The van der Waals surface area contributed by atoms with Crippen LogP contribution in [0.1, 0.15) is 37.8 Å². The van der Waals surface area contributed by atoms with Crippen LogP contribution in [0, 0.1) is 0 Å². The number of hydrogen-bond donors (Lipinski definition) is 1. The van der Waals surface area contributed by atoms with Crippen molar-refractivity contribution >= 4 is 10.0 Å². The molecule has 0 spiro atoms. The van der Waals surface area contributed by atoms with E-state index in [-0.39, 0.29) is 17.4 Å². The van der Waals surface area contributed by atoms with E-state index in [0.717, 1.165) is 11.1 Å². The summed E-state index contributed by atoms with van der Waals surface area (Å²) < 4.78 is 44.2. The minimum Gasteiger partial charge on any atom is -0.496 e. The molecule has 0 bridgehead atoms. The fourth-order valence-electron chi connectivity index (χ4n) is 2.69. The predicted octanol–water partition coefficient (Wildman–Crippen LogP) is 3.70. The normalized spacial score (nSPS) is 11.5. The summed E-state index contributed by atoms with van der Waals surface area (Å²) in [4.78, 5) is 0.213. The van der Waals surface area contributed by atoms with Crippen molar-refractivity contribution in [3.63, 3.8) is 0 Å². The first-order chi connectivity index (χ1) is 12.8. The minimum absolute atomic E-state index is 0.144. The quantitative estimate of drug-likeness (QED) is 0.703. The summed E-state index contributed by atoms with van der Waals surface area (Å²) in [7, 11) is -0.516. The average molecular weight is 394 g/mol. The van der Waals surface area contributed by atoms with Crippen LogP contribution in [-0.2, 0) is 16.6 Å². The standard InChI is InChI=1S/C20H27NO5S/c1-6-26-20-11-15(7-9-19(20)25-5)13-21-27(22,23)16-8-10-18(24-4)17(12-16)14(2)3/h7-12,14,21H,6,13H2,1-5H3. The Morgan fingerprint density at radius 3 is 2.22 bits per heavy atom. The number of hydrogen-bond acceptors (Lipinski definition) is 5. The summed E-state index contributed by atoms with van der Waals surface area (Å²) in [6.07, 6.45) is 0. The van der Waals surface area contributed by atoms with E-state index in [2.05, 4.69) is 4.72 Å². The highest BCUT2D eigenvalue weighted by atomic mass is 32.2. The second-order valence-corrected chi connectivity index (χ2v) is 8.07. The zero-order valence-corrected chi connectivity index (χ0v) is 17.2. The van der Waals surface area contributed by atoms with Crippen molar-refractivity contribution in [2.24, 2.45) is 0 Å². The van der Waals surface area contributed by atoms with Crippen LogP contribution in [0.4, 0.5) is 0 Å². The lowest BCUT2D eigenvalue weighted by molar-refractivity contribution is 0.310. The van der Waals surface area contributed by atoms with Crippen molar-refractivity contribution in [1.82, 2.24) is 4.72 Å². The average Bonchev–Trinajstić information content (AvgIpc) is 2.66. The number of rotatable bonds is 9. The van der Waals surface area contributed by atoms with Crippen molar-refractivity contribution in [2.75, 3.05) is 20.8 Å². The lowest BCUT2D eigenvalue weighted by Gasteiger charge is -2.15. The number of benzene rings is 2. The van der Waals surface area contributed by atoms with Gasteiger partial charge in [0, 0.05) is 6.54 Å². The van der Waals surface area contributed by atoms with E-state index in [0.29, 0.717) is 23.9 Å². The van der Waals surface area contributed by atoms with Crippen LogP contribution in [-0.4, -0.2) is 29.2 Å². The molecule has 2 aromatic rings. The molecule has 0 aliphatic carbocycles. The molecule has 0 aliphatic heterocycles. The van der Waals surface area contributed by atoms with Crippen LogP contribution in [0.25, 0.3) is 0 Å². The van der Waals surface area contributed by atoms with E-state index >= 15 is 0 Å². The predicted molar refractivity (Wildman–Crippen MR) is 105 cm³/mol. The Kier molecular flexibility index (Phi) is 7.10. The first kappa shape index (κ1) is 21.1. The Morgan fingerprint density at radius 1 is 0.963 bits per heavy atom. The molecule has 0 aliphatic rings. The lowest BCUT2D eigenvalue weighted by Crippen LogP contribution is -2.23. The number of sulfonamides is 1. The summed E-state index contributed by atoms with van der Waals surface area (Å²) in [5.41, 5.74) is 1.63. The zero-order valence-electron chi connectivity index (χ0n) is 16.4. The maximum atomic E-state index is 12.7. The van der Waals surface area contributed by atoms with Crippen molar-refractivity contribution in [3.8, 4) is 17.2 Å². The summed E-state index contributed by atoms with van der Waals surface area (Å²) in [6.45, 7) is 6.51. The highest BCUT2D eigenvalue weighted by Crippen LogP contribution is 2.30. The first-order valence-electron chi connectivity index (χ1n) is 8.79. The summed E-state index contributed by atoms with van der Waals surface area (Å²) in [5, 5.41) is 0. The van der Waals surface area contributed by atoms with Gasteiger partial charge in [-0.25, -0.2) is 13.1 Å². The largest absolute Gasteiger partial charge is 0.496 e. The summed E-state index contributed by atoms with van der Waals surface area (Å²) in [6, 6.07) is 10.2. The van der Waals surface area contributed by atoms with Gasteiger partial charge in [-0.05, 0) is 54.3 Å². The molecule has 0 unspecified atom stereocenters. The number of nitrogens with one attached hydrogen (secondary N) is 1. The van der Waals surface area contributed by atoms with Gasteiger partial charge in [0.25, 0.3) is 0 Å². The molecule has 7 heteroatoms. The van der Waals surface area contributed by atoms with E-state index in [4.69, 9.17) is 14.2 Å². The third-order valence-corrected chi connectivity index (χ3v) is 5.53. The van der Waals surface area contributed by atoms with Gasteiger partial charge in [0.2, 0.25) is 10.0 Å². The Bertz CT molecular complexity index is 878. The van der Waals surface area contributed by atoms with Gasteiger partial charge in [0.15, 0.2) is 11.5 Å². The van der Waals surface area contributed by atoms with Crippen LogP contribution < -0.4 is 18.9 Å². The number of methoxy groups -OCH3 is 2.